The number of hydrogen-bond donors (Lipinski definition) is 2. The molecular formula is C17H27NO3. The second-order valence-electron chi connectivity index (χ2n) is 5.55. The first-order chi connectivity index (χ1) is 10.0. The molecule has 1 aromatic rings. The van der Waals surface area contributed by atoms with Crippen LogP contribution in [-0.4, -0.2) is 30.8 Å². The first-order valence-electron chi connectivity index (χ1n) is 7.62. The molecule has 0 saturated heterocycles. The predicted octanol–water partition coefficient (Wildman–Crippen LogP) is 2.68. The van der Waals surface area contributed by atoms with Crippen LogP contribution >= 0.6 is 0 Å². The Labute approximate surface area is 127 Å². The zero-order chi connectivity index (χ0) is 15.7. The minimum atomic E-state index is -0.201. The lowest BCUT2D eigenvalue weighted by molar-refractivity contribution is -0.122. The molecule has 0 aliphatic carbocycles. The number of amides is 1. The normalized spacial score (nSPS) is 11.2. The fraction of sp³-hybridized carbons (Fsp3) is 0.588. The van der Waals surface area contributed by atoms with Gasteiger partial charge in [-0.25, -0.2) is 0 Å². The highest BCUT2D eigenvalue weighted by molar-refractivity contribution is 5.76. The van der Waals surface area contributed by atoms with Gasteiger partial charge in [0.2, 0.25) is 5.91 Å². The van der Waals surface area contributed by atoms with Crippen LogP contribution in [0.3, 0.4) is 0 Å². The number of hydrogen-bond acceptors (Lipinski definition) is 3. The van der Waals surface area contributed by atoms with Gasteiger partial charge in [-0.3, -0.25) is 4.79 Å². The van der Waals surface area contributed by atoms with Crippen LogP contribution in [0.15, 0.2) is 24.3 Å². The van der Waals surface area contributed by atoms with Crippen LogP contribution < -0.4 is 10.1 Å². The molecule has 0 heterocycles. The summed E-state index contributed by atoms with van der Waals surface area (Å²) in [5.74, 6) is 0.738. The van der Waals surface area contributed by atoms with Crippen LogP contribution in [-0.2, 0) is 4.79 Å². The third kappa shape index (κ3) is 5.76. The van der Waals surface area contributed by atoms with E-state index < -0.39 is 0 Å². The fourth-order valence-corrected chi connectivity index (χ4v) is 2.05. The van der Waals surface area contributed by atoms with Crippen molar-refractivity contribution in [3.8, 4) is 5.75 Å². The van der Waals surface area contributed by atoms with Crippen LogP contribution in [0.2, 0.25) is 0 Å². The van der Waals surface area contributed by atoms with Gasteiger partial charge in [0.05, 0.1) is 19.6 Å². The monoisotopic (exact) mass is 293 g/mol. The molecule has 0 aliphatic rings. The summed E-state index contributed by atoms with van der Waals surface area (Å²) in [6.45, 7) is 7.06. The zero-order valence-corrected chi connectivity index (χ0v) is 13.3. The van der Waals surface area contributed by atoms with Crippen molar-refractivity contribution in [2.45, 2.75) is 40.0 Å². The van der Waals surface area contributed by atoms with E-state index in [1.165, 1.54) is 5.56 Å². The van der Waals surface area contributed by atoms with E-state index in [4.69, 9.17) is 4.74 Å². The number of aryl methyl sites for hydroxylation is 1. The van der Waals surface area contributed by atoms with E-state index in [1.807, 2.05) is 45.0 Å². The molecule has 0 aromatic heterocycles. The molecule has 0 spiro atoms. The average molecular weight is 293 g/mol. The first-order valence-corrected chi connectivity index (χ1v) is 7.62. The second kappa shape index (κ2) is 8.67. The van der Waals surface area contributed by atoms with Gasteiger partial charge in [0.1, 0.15) is 5.75 Å². The number of ether oxygens (including phenoxy) is 1. The molecule has 0 saturated carbocycles. The van der Waals surface area contributed by atoms with E-state index in [0.717, 1.165) is 18.6 Å². The number of nitrogens with one attached hydrogen (secondary N) is 1. The maximum absolute atomic E-state index is 11.8. The summed E-state index contributed by atoms with van der Waals surface area (Å²) in [6, 6.07) is 7.76. The quantitative estimate of drug-likeness (QED) is 0.736. The Hall–Kier alpha value is -1.55. The summed E-state index contributed by atoms with van der Waals surface area (Å²) >= 11 is 0. The van der Waals surface area contributed by atoms with Gasteiger partial charge < -0.3 is 15.2 Å². The Morgan fingerprint density at radius 3 is 2.38 bits per heavy atom. The van der Waals surface area contributed by atoms with Crippen molar-refractivity contribution in [3.63, 3.8) is 0 Å². The van der Waals surface area contributed by atoms with Crippen molar-refractivity contribution in [1.29, 1.82) is 0 Å². The molecule has 4 heteroatoms. The minimum absolute atomic E-state index is 0.0400. The van der Waals surface area contributed by atoms with Gasteiger partial charge >= 0.3 is 0 Å². The minimum Gasteiger partial charge on any atom is -0.493 e. The van der Waals surface area contributed by atoms with Gasteiger partial charge in [-0.2, -0.15) is 0 Å². The summed E-state index contributed by atoms with van der Waals surface area (Å²) in [4.78, 5) is 11.8. The van der Waals surface area contributed by atoms with Gasteiger partial charge in [-0.1, -0.05) is 31.5 Å². The van der Waals surface area contributed by atoms with Crippen molar-refractivity contribution in [1.82, 2.24) is 5.32 Å². The van der Waals surface area contributed by atoms with E-state index in [1.54, 1.807) is 0 Å². The number of aliphatic hydroxyl groups excluding tert-OH is 1. The summed E-state index contributed by atoms with van der Waals surface area (Å²) in [6.07, 6.45) is 2.02. The molecule has 1 aromatic carbocycles. The van der Waals surface area contributed by atoms with Crippen molar-refractivity contribution < 1.29 is 14.6 Å². The van der Waals surface area contributed by atoms with Crippen LogP contribution in [0, 0.1) is 12.3 Å². The topological polar surface area (TPSA) is 58.6 Å². The molecule has 0 atom stereocenters. The SMILES string of the molecule is CCC(CC)(CO)CNC(=O)CCOc1ccc(C)cc1. The molecule has 118 valence electrons. The van der Waals surface area contributed by atoms with Gasteiger partial charge in [-0.05, 0) is 31.9 Å². The van der Waals surface area contributed by atoms with Gasteiger partial charge in [0.15, 0.2) is 0 Å². The van der Waals surface area contributed by atoms with Crippen molar-refractivity contribution in [2.24, 2.45) is 5.41 Å². The summed E-state index contributed by atoms with van der Waals surface area (Å²) in [5, 5.41) is 12.4. The molecule has 4 nitrogen and oxygen atoms in total. The highest BCUT2D eigenvalue weighted by Crippen LogP contribution is 2.24. The number of benzene rings is 1. The van der Waals surface area contributed by atoms with Crippen molar-refractivity contribution in [3.05, 3.63) is 29.8 Å². The van der Waals surface area contributed by atoms with Crippen LogP contribution in [0.1, 0.15) is 38.7 Å². The summed E-state index contributed by atoms with van der Waals surface area (Å²) in [7, 11) is 0. The molecule has 2 N–H and O–H groups in total. The number of carbonyl (C=O) groups excluding carboxylic acids is 1. The molecule has 0 bridgehead atoms. The van der Waals surface area contributed by atoms with E-state index in [-0.39, 0.29) is 17.9 Å². The van der Waals surface area contributed by atoms with E-state index in [2.05, 4.69) is 5.32 Å². The molecular weight excluding hydrogens is 266 g/mol. The number of carbonyl (C=O) groups is 1. The lowest BCUT2D eigenvalue weighted by Crippen LogP contribution is -2.39. The maximum atomic E-state index is 11.8. The van der Waals surface area contributed by atoms with Crippen LogP contribution in [0.4, 0.5) is 0 Å². The third-order valence-corrected chi connectivity index (χ3v) is 4.11. The van der Waals surface area contributed by atoms with Crippen LogP contribution in [0.5, 0.6) is 5.75 Å². The molecule has 21 heavy (non-hydrogen) atoms. The molecule has 0 fully saturated rings. The van der Waals surface area contributed by atoms with Gasteiger partial charge in [0, 0.05) is 12.0 Å². The van der Waals surface area contributed by atoms with Crippen molar-refractivity contribution >= 4 is 5.91 Å². The van der Waals surface area contributed by atoms with E-state index in [0.29, 0.717) is 19.6 Å². The molecule has 0 unspecified atom stereocenters. The second-order valence-corrected chi connectivity index (χ2v) is 5.55. The van der Waals surface area contributed by atoms with Crippen molar-refractivity contribution in [2.75, 3.05) is 19.8 Å². The highest BCUT2D eigenvalue weighted by Gasteiger charge is 2.25. The smallest absolute Gasteiger partial charge is 0.223 e. The Bertz CT molecular complexity index is 416. The van der Waals surface area contributed by atoms with E-state index >= 15 is 0 Å². The predicted molar refractivity (Wildman–Crippen MR) is 84.4 cm³/mol. The van der Waals surface area contributed by atoms with Gasteiger partial charge in [0.25, 0.3) is 0 Å². The fourth-order valence-electron chi connectivity index (χ4n) is 2.05. The summed E-state index contributed by atoms with van der Waals surface area (Å²) in [5.41, 5.74) is 0.979. The molecule has 1 amide bonds. The number of aliphatic hydroxyl groups is 1. The Morgan fingerprint density at radius 1 is 1.24 bits per heavy atom. The first kappa shape index (κ1) is 17.5. The molecule has 0 radical (unpaired) electrons. The zero-order valence-electron chi connectivity index (χ0n) is 13.3. The lowest BCUT2D eigenvalue weighted by atomic mass is 9.83. The van der Waals surface area contributed by atoms with Gasteiger partial charge in [-0.15, -0.1) is 0 Å². The Morgan fingerprint density at radius 2 is 1.86 bits per heavy atom. The third-order valence-electron chi connectivity index (χ3n) is 4.11. The highest BCUT2D eigenvalue weighted by atomic mass is 16.5. The Kier molecular flexibility index (Phi) is 7.23. The largest absolute Gasteiger partial charge is 0.493 e. The summed E-state index contributed by atoms with van der Waals surface area (Å²) < 4.78 is 5.53. The standard InChI is InChI=1S/C17H27NO3/c1-4-17(5-2,13-19)12-18-16(20)10-11-21-15-8-6-14(3)7-9-15/h6-9,19H,4-5,10-13H2,1-3H3,(H,18,20). The average Bonchev–Trinajstić information content (AvgIpc) is 2.51. The lowest BCUT2D eigenvalue weighted by Gasteiger charge is -2.29. The Balaban J connectivity index is 2.29. The maximum Gasteiger partial charge on any atom is 0.223 e. The van der Waals surface area contributed by atoms with Crippen LogP contribution in [0.25, 0.3) is 0 Å². The molecule has 1 rings (SSSR count). The van der Waals surface area contributed by atoms with E-state index in [9.17, 15) is 9.90 Å². The molecule has 0 aliphatic heterocycles. The number of rotatable bonds is 9.